The van der Waals surface area contributed by atoms with E-state index in [-0.39, 0.29) is 17.5 Å². The van der Waals surface area contributed by atoms with Gasteiger partial charge in [0.1, 0.15) is 5.82 Å². The van der Waals surface area contributed by atoms with E-state index in [1.54, 1.807) is 17.6 Å². The van der Waals surface area contributed by atoms with Gasteiger partial charge in [0.05, 0.1) is 17.5 Å². The van der Waals surface area contributed by atoms with E-state index >= 15 is 0 Å². The summed E-state index contributed by atoms with van der Waals surface area (Å²) in [7, 11) is 0. The SMILES string of the molecule is CC(=O)N1CCN(c2cccc(-c3c(N4Cc5ccc(Cl)cc5C4)nc4c(C(C)C)c(C(N)=O)nn4c3-c3cn[nH]c3)c2)CC1. The van der Waals surface area contributed by atoms with Crippen molar-refractivity contribution in [3.8, 4) is 22.4 Å². The first-order chi connectivity index (χ1) is 21.7. The molecule has 3 aromatic heterocycles. The molecule has 0 spiro atoms. The Morgan fingerprint density at radius 2 is 1.76 bits per heavy atom. The van der Waals surface area contributed by atoms with Crippen LogP contribution in [0.4, 0.5) is 11.5 Å². The van der Waals surface area contributed by atoms with Gasteiger partial charge >= 0.3 is 0 Å². The largest absolute Gasteiger partial charge is 0.368 e. The highest BCUT2D eigenvalue weighted by atomic mass is 35.5. The van der Waals surface area contributed by atoms with E-state index in [1.807, 2.05) is 43.1 Å². The van der Waals surface area contributed by atoms with E-state index in [2.05, 4.69) is 44.3 Å². The van der Waals surface area contributed by atoms with Crippen molar-refractivity contribution in [2.75, 3.05) is 36.0 Å². The molecule has 1 fully saturated rings. The summed E-state index contributed by atoms with van der Waals surface area (Å²) in [6.45, 7) is 9.74. The number of carbonyl (C=O) groups is 2. The van der Waals surface area contributed by atoms with E-state index < -0.39 is 5.91 Å². The highest BCUT2D eigenvalue weighted by Crippen LogP contribution is 2.44. The third-order valence-corrected chi connectivity index (χ3v) is 9.01. The fourth-order valence-corrected chi connectivity index (χ4v) is 6.75. The van der Waals surface area contributed by atoms with Crippen molar-refractivity contribution in [1.29, 1.82) is 0 Å². The number of hydrogen-bond acceptors (Lipinski definition) is 7. The molecule has 0 bridgehead atoms. The summed E-state index contributed by atoms with van der Waals surface area (Å²) in [4.78, 5) is 36.4. The maximum Gasteiger partial charge on any atom is 0.269 e. The van der Waals surface area contributed by atoms with Gasteiger partial charge in [-0.1, -0.05) is 43.6 Å². The van der Waals surface area contributed by atoms with Crippen molar-refractivity contribution >= 4 is 40.6 Å². The summed E-state index contributed by atoms with van der Waals surface area (Å²) < 4.78 is 1.75. The Morgan fingerprint density at radius 3 is 2.44 bits per heavy atom. The molecular formula is C33H34ClN9O2. The number of primary amides is 1. The number of fused-ring (bicyclic) bond motifs is 2. The van der Waals surface area contributed by atoms with Crippen LogP contribution >= 0.6 is 11.6 Å². The predicted molar refractivity (Wildman–Crippen MR) is 174 cm³/mol. The van der Waals surface area contributed by atoms with Gasteiger partial charge in [-0.05, 0) is 46.9 Å². The molecule has 2 aromatic carbocycles. The number of hydrogen-bond donors (Lipinski definition) is 2. The first kappa shape index (κ1) is 28.8. The highest BCUT2D eigenvalue weighted by molar-refractivity contribution is 6.30. The molecule has 0 atom stereocenters. The topological polar surface area (TPSA) is 129 Å². The minimum absolute atomic E-state index is 0.0556. The smallest absolute Gasteiger partial charge is 0.269 e. The van der Waals surface area contributed by atoms with Crippen LogP contribution in [0.15, 0.2) is 54.9 Å². The van der Waals surface area contributed by atoms with Crippen molar-refractivity contribution in [2.45, 2.75) is 39.8 Å². The number of aromatic nitrogens is 5. The molecule has 230 valence electrons. The fraction of sp³-hybridized carbons (Fsp3) is 0.303. The van der Waals surface area contributed by atoms with Crippen molar-refractivity contribution in [1.82, 2.24) is 29.7 Å². The third-order valence-electron chi connectivity index (χ3n) is 8.78. The average Bonchev–Trinajstić information content (AvgIpc) is 3.79. The molecular weight excluding hydrogens is 590 g/mol. The molecule has 2 amide bonds. The molecule has 12 heteroatoms. The minimum atomic E-state index is -0.597. The van der Waals surface area contributed by atoms with Crippen molar-refractivity contribution in [2.24, 2.45) is 5.73 Å². The van der Waals surface area contributed by atoms with E-state index in [0.717, 1.165) is 52.5 Å². The van der Waals surface area contributed by atoms with Crippen LogP contribution in [0.25, 0.3) is 28.0 Å². The number of halogens is 1. The molecule has 7 rings (SSSR count). The maximum atomic E-state index is 12.7. The molecule has 0 saturated carbocycles. The molecule has 11 nitrogen and oxygen atoms in total. The van der Waals surface area contributed by atoms with Gasteiger partial charge in [0, 0.05) is 74.2 Å². The standard InChI is InChI=1S/C33H34ClN9O2/c1-19(2)27-29(31(35)45)39-43-30(24-15-36-37-16-24)28(21-5-4-6-26(14-21)41-11-9-40(10-12-41)20(3)44)32(38-33(27)43)42-17-22-7-8-25(34)13-23(22)18-42/h4-8,13-16,19H,9-12,17-18H2,1-3H3,(H2,35,45)(H,36,37). The number of rotatable bonds is 6. The lowest BCUT2D eigenvalue weighted by atomic mass is 9.98. The van der Waals surface area contributed by atoms with Crippen molar-refractivity contribution < 1.29 is 9.59 Å². The number of nitrogens with zero attached hydrogens (tertiary/aromatic N) is 7. The molecule has 0 radical (unpaired) electrons. The van der Waals surface area contributed by atoms with Gasteiger partial charge in [-0.15, -0.1) is 0 Å². The van der Waals surface area contributed by atoms with E-state index in [0.29, 0.717) is 42.4 Å². The van der Waals surface area contributed by atoms with Crippen LogP contribution in [0, 0.1) is 0 Å². The van der Waals surface area contributed by atoms with Gasteiger partial charge in [-0.25, -0.2) is 9.50 Å². The van der Waals surface area contributed by atoms with Gasteiger partial charge in [-0.2, -0.15) is 10.2 Å². The Hall–Kier alpha value is -4.90. The molecule has 5 aromatic rings. The summed E-state index contributed by atoms with van der Waals surface area (Å²) >= 11 is 6.39. The van der Waals surface area contributed by atoms with E-state index in [4.69, 9.17) is 27.4 Å². The summed E-state index contributed by atoms with van der Waals surface area (Å²) in [6.07, 6.45) is 3.58. The van der Waals surface area contributed by atoms with Gasteiger partial charge in [0.15, 0.2) is 11.3 Å². The number of benzene rings is 2. The number of nitrogens with two attached hydrogens (primary N) is 1. The Labute approximate surface area is 265 Å². The predicted octanol–water partition coefficient (Wildman–Crippen LogP) is 4.85. The molecule has 0 aliphatic carbocycles. The van der Waals surface area contributed by atoms with Gasteiger partial charge < -0.3 is 20.4 Å². The maximum absolute atomic E-state index is 12.7. The quantitative estimate of drug-likeness (QED) is 0.277. The molecule has 1 saturated heterocycles. The van der Waals surface area contributed by atoms with Crippen molar-refractivity contribution in [3.63, 3.8) is 0 Å². The number of piperazine rings is 1. The van der Waals surface area contributed by atoms with Gasteiger partial charge in [-0.3, -0.25) is 14.7 Å². The van der Waals surface area contributed by atoms with Crippen LogP contribution in [-0.2, 0) is 17.9 Å². The number of anilines is 2. The molecule has 2 aliphatic rings. The number of H-pyrrole nitrogens is 1. The Kier molecular flexibility index (Phi) is 7.20. The second-order valence-electron chi connectivity index (χ2n) is 12.0. The van der Waals surface area contributed by atoms with Crippen LogP contribution in [0.1, 0.15) is 53.9 Å². The Balaban J connectivity index is 1.47. The minimum Gasteiger partial charge on any atom is -0.368 e. The van der Waals surface area contributed by atoms with Gasteiger partial charge in [0.2, 0.25) is 5.91 Å². The monoisotopic (exact) mass is 623 g/mol. The number of carbonyl (C=O) groups excluding carboxylic acids is 2. The first-order valence-electron chi connectivity index (χ1n) is 15.1. The summed E-state index contributed by atoms with van der Waals surface area (Å²) in [5, 5.41) is 12.7. The van der Waals surface area contributed by atoms with Crippen LogP contribution in [-0.4, -0.2) is 67.7 Å². The van der Waals surface area contributed by atoms with Crippen LogP contribution < -0.4 is 15.5 Å². The number of amides is 2. The second-order valence-corrected chi connectivity index (χ2v) is 12.4. The lowest BCUT2D eigenvalue weighted by molar-refractivity contribution is -0.129. The molecule has 0 unspecified atom stereocenters. The zero-order chi connectivity index (χ0) is 31.4. The molecule has 2 aliphatic heterocycles. The Bertz CT molecular complexity index is 1940. The fourth-order valence-electron chi connectivity index (χ4n) is 6.56. The lowest BCUT2D eigenvalue weighted by Gasteiger charge is -2.36. The number of aromatic amines is 1. The van der Waals surface area contributed by atoms with Crippen molar-refractivity contribution in [3.05, 3.63) is 82.3 Å². The summed E-state index contributed by atoms with van der Waals surface area (Å²) in [5.41, 5.74) is 14.1. The summed E-state index contributed by atoms with van der Waals surface area (Å²) in [6, 6.07) is 14.4. The molecule has 3 N–H and O–H groups in total. The van der Waals surface area contributed by atoms with Crippen LogP contribution in [0.5, 0.6) is 0 Å². The number of nitrogens with one attached hydrogen (secondary N) is 1. The second kappa shape index (κ2) is 11.2. The zero-order valence-corrected chi connectivity index (χ0v) is 26.2. The van der Waals surface area contributed by atoms with Crippen LogP contribution in [0.2, 0.25) is 5.02 Å². The zero-order valence-electron chi connectivity index (χ0n) is 25.4. The highest BCUT2D eigenvalue weighted by Gasteiger charge is 2.31. The normalized spacial score (nSPS) is 14.9. The van der Waals surface area contributed by atoms with Crippen LogP contribution in [0.3, 0.4) is 0 Å². The third kappa shape index (κ3) is 5.06. The van der Waals surface area contributed by atoms with Gasteiger partial charge in [0.25, 0.3) is 5.91 Å². The average molecular weight is 624 g/mol. The summed E-state index contributed by atoms with van der Waals surface area (Å²) in [5.74, 6) is 0.211. The Morgan fingerprint density at radius 1 is 0.978 bits per heavy atom. The molecule has 45 heavy (non-hydrogen) atoms. The van der Waals surface area contributed by atoms with E-state index in [1.165, 1.54) is 5.56 Å². The van der Waals surface area contributed by atoms with E-state index in [9.17, 15) is 9.59 Å². The first-order valence-corrected chi connectivity index (χ1v) is 15.5. The molecule has 5 heterocycles. The lowest BCUT2D eigenvalue weighted by Crippen LogP contribution is -2.48.